The number of carbonyl (C=O) groups excluding carboxylic acids is 1. The van der Waals surface area contributed by atoms with Gasteiger partial charge >= 0.3 is 6.09 Å². The van der Waals surface area contributed by atoms with E-state index in [4.69, 9.17) is 10.5 Å². The maximum atomic E-state index is 12.3. The van der Waals surface area contributed by atoms with Crippen molar-refractivity contribution in [3.63, 3.8) is 0 Å². The highest BCUT2D eigenvalue weighted by molar-refractivity contribution is 5.69. The Morgan fingerprint density at radius 2 is 1.68 bits per heavy atom. The lowest BCUT2D eigenvalue weighted by atomic mass is 9.99. The molecule has 1 amide bonds. The van der Waals surface area contributed by atoms with Gasteiger partial charge in [-0.3, -0.25) is 4.68 Å². The Labute approximate surface area is 199 Å². The van der Waals surface area contributed by atoms with Gasteiger partial charge in [0.25, 0.3) is 0 Å². The third kappa shape index (κ3) is 5.90. The zero-order valence-corrected chi connectivity index (χ0v) is 19.8. The van der Waals surface area contributed by atoms with Crippen molar-refractivity contribution in [3.8, 4) is 5.88 Å². The van der Waals surface area contributed by atoms with Crippen LogP contribution < -0.4 is 15.8 Å². The standard InChI is InChI=1S/C26H30N6O2/c1-18-11-30-32(13-18)15-22-6-4-21(5-7-22)14-31-16-25(29-17-31)34-26(33)28-12-24-19(2)8-23(10-27)9-20(24)3/h4-9,11,13,16-17H,10,12,14-15,27H2,1-3H3,(H,28,33). The number of nitrogens with zero attached hydrogens (tertiary/aromatic N) is 4. The number of rotatable bonds is 8. The van der Waals surface area contributed by atoms with Crippen molar-refractivity contribution in [1.29, 1.82) is 0 Å². The molecule has 0 unspecified atom stereocenters. The molecule has 0 aliphatic carbocycles. The average molecular weight is 459 g/mol. The Bertz CT molecular complexity index is 1250. The minimum Gasteiger partial charge on any atom is -0.390 e. The Kier molecular flexibility index (Phi) is 7.08. The van der Waals surface area contributed by atoms with Crippen molar-refractivity contribution in [3.05, 3.63) is 100 Å². The van der Waals surface area contributed by atoms with Gasteiger partial charge in [-0.15, -0.1) is 0 Å². The number of imidazole rings is 1. The summed E-state index contributed by atoms with van der Waals surface area (Å²) in [5.74, 6) is 0.259. The van der Waals surface area contributed by atoms with Crippen LogP contribution in [0.5, 0.6) is 5.88 Å². The van der Waals surface area contributed by atoms with Gasteiger partial charge in [0, 0.05) is 25.8 Å². The van der Waals surface area contributed by atoms with Gasteiger partial charge in [-0.1, -0.05) is 36.4 Å². The van der Waals surface area contributed by atoms with Gasteiger partial charge in [0.15, 0.2) is 0 Å². The summed E-state index contributed by atoms with van der Waals surface area (Å²) < 4.78 is 9.16. The largest absolute Gasteiger partial charge is 0.414 e. The monoisotopic (exact) mass is 458 g/mol. The summed E-state index contributed by atoms with van der Waals surface area (Å²) >= 11 is 0. The van der Waals surface area contributed by atoms with Crippen molar-refractivity contribution in [2.45, 2.75) is 47.0 Å². The molecule has 2 aromatic carbocycles. The van der Waals surface area contributed by atoms with Crippen LogP contribution in [0.3, 0.4) is 0 Å². The van der Waals surface area contributed by atoms with E-state index in [0.717, 1.165) is 39.9 Å². The summed E-state index contributed by atoms with van der Waals surface area (Å²) in [5.41, 5.74) is 13.5. The smallest absolute Gasteiger partial charge is 0.390 e. The molecule has 3 N–H and O–H groups in total. The molecule has 0 aliphatic rings. The van der Waals surface area contributed by atoms with Crippen LogP contribution in [0.15, 0.2) is 61.3 Å². The molecule has 0 saturated heterocycles. The first-order chi connectivity index (χ1) is 16.4. The van der Waals surface area contributed by atoms with Crippen LogP contribution in [0, 0.1) is 20.8 Å². The van der Waals surface area contributed by atoms with E-state index in [0.29, 0.717) is 19.6 Å². The van der Waals surface area contributed by atoms with Crippen LogP contribution in [0.1, 0.15) is 38.9 Å². The number of aryl methyl sites for hydroxylation is 3. The predicted octanol–water partition coefficient (Wildman–Crippen LogP) is 3.85. The van der Waals surface area contributed by atoms with Crippen LogP contribution in [0.4, 0.5) is 4.79 Å². The van der Waals surface area contributed by atoms with E-state index >= 15 is 0 Å². The third-order valence-corrected chi connectivity index (χ3v) is 5.70. The fourth-order valence-electron chi connectivity index (χ4n) is 3.95. The van der Waals surface area contributed by atoms with Crippen LogP contribution in [-0.2, 0) is 26.2 Å². The van der Waals surface area contributed by atoms with E-state index in [2.05, 4.69) is 39.7 Å². The molecule has 0 saturated carbocycles. The summed E-state index contributed by atoms with van der Waals surface area (Å²) in [6.45, 7) is 8.31. The maximum absolute atomic E-state index is 12.3. The molecule has 176 valence electrons. The molecule has 34 heavy (non-hydrogen) atoms. The Morgan fingerprint density at radius 1 is 1.00 bits per heavy atom. The Morgan fingerprint density at radius 3 is 2.29 bits per heavy atom. The summed E-state index contributed by atoms with van der Waals surface area (Å²) in [4.78, 5) is 16.5. The normalized spacial score (nSPS) is 10.9. The summed E-state index contributed by atoms with van der Waals surface area (Å²) in [5, 5.41) is 7.13. The third-order valence-electron chi connectivity index (χ3n) is 5.70. The molecule has 0 spiro atoms. The van der Waals surface area contributed by atoms with Crippen LogP contribution >= 0.6 is 0 Å². The molecule has 0 fully saturated rings. The highest BCUT2D eigenvalue weighted by atomic mass is 16.6. The number of carbonyl (C=O) groups is 1. The zero-order valence-electron chi connectivity index (χ0n) is 19.8. The van der Waals surface area contributed by atoms with Crippen LogP contribution in [0.25, 0.3) is 0 Å². The van der Waals surface area contributed by atoms with Crippen LogP contribution in [0.2, 0.25) is 0 Å². The molecule has 2 aromatic heterocycles. The first-order valence-corrected chi connectivity index (χ1v) is 11.2. The number of benzene rings is 2. The number of amides is 1. The van der Waals surface area contributed by atoms with Gasteiger partial charge < -0.3 is 20.4 Å². The van der Waals surface area contributed by atoms with Gasteiger partial charge in [-0.05, 0) is 59.7 Å². The zero-order chi connectivity index (χ0) is 24.1. The van der Waals surface area contributed by atoms with E-state index in [1.54, 1.807) is 12.5 Å². The Balaban J connectivity index is 1.29. The SMILES string of the molecule is Cc1cnn(Cc2ccc(Cn3cnc(OC(=O)NCc4c(C)cc(CN)cc4C)c3)cc2)c1. The molecule has 0 bridgehead atoms. The number of nitrogens with two attached hydrogens (primary N) is 1. The average Bonchev–Trinajstić information content (AvgIpc) is 3.42. The first kappa shape index (κ1) is 23.3. The van der Waals surface area contributed by atoms with Gasteiger partial charge in [0.1, 0.15) is 0 Å². The van der Waals surface area contributed by atoms with Crippen molar-refractivity contribution in [2.75, 3.05) is 0 Å². The molecule has 4 rings (SSSR count). The van der Waals surface area contributed by atoms with Crippen LogP contribution in [-0.4, -0.2) is 25.4 Å². The second-order valence-corrected chi connectivity index (χ2v) is 8.57. The molecule has 0 aliphatic heterocycles. The molecular weight excluding hydrogens is 428 g/mol. The minimum atomic E-state index is -0.537. The first-order valence-electron chi connectivity index (χ1n) is 11.2. The molecule has 8 heteroatoms. The number of ether oxygens (including phenoxy) is 1. The summed E-state index contributed by atoms with van der Waals surface area (Å²) in [6, 6.07) is 12.4. The van der Waals surface area contributed by atoms with E-state index in [1.807, 2.05) is 54.5 Å². The lowest BCUT2D eigenvalue weighted by Crippen LogP contribution is -2.27. The lowest BCUT2D eigenvalue weighted by Gasteiger charge is -2.12. The molecule has 0 radical (unpaired) electrons. The molecule has 0 atom stereocenters. The van der Waals surface area contributed by atoms with E-state index in [-0.39, 0.29) is 5.88 Å². The number of nitrogens with one attached hydrogen (secondary N) is 1. The van der Waals surface area contributed by atoms with Crippen molar-refractivity contribution in [2.24, 2.45) is 5.73 Å². The van der Waals surface area contributed by atoms with Gasteiger partial charge in [0.05, 0.1) is 25.3 Å². The van der Waals surface area contributed by atoms with Gasteiger partial charge in [-0.25, -0.2) is 9.78 Å². The molecule has 2 heterocycles. The maximum Gasteiger partial charge on any atom is 0.414 e. The van der Waals surface area contributed by atoms with Crippen molar-refractivity contribution in [1.82, 2.24) is 24.6 Å². The van der Waals surface area contributed by atoms with E-state index in [1.165, 1.54) is 5.56 Å². The summed E-state index contributed by atoms with van der Waals surface area (Å²) in [7, 11) is 0. The van der Waals surface area contributed by atoms with E-state index in [9.17, 15) is 4.79 Å². The molecule has 8 nitrogen and oxygen atoms in total. The number of hydrogen-bond donors (Lipinski definition) is 2. The van der Waals surface area contributed by atoms with Crippen molar-refractivity contribution >= 4 is 6.09 Å². The molecule has 4 aromatic rings. The highest BCUT2D eigenvalue weighted by Gasteiger charge is 2.10. The highest BCUT2D eigenvalue weighted by Crippen LogP contribution is 2.17. The number of hydrogen-bond acceptors (Lipinski definition) is 5. The fraction of sp³-hybridized carbons (Fsp3) is 0.269. The second-order valence-electron chi connectivity index (χ2n) is 8.57. The lowest BCUT2D eigenvalue weighted by molar-refractivity contribution is 0.198. The summed E-state index contributed by atoms with van der Waals surface area (Å²) in [6.07, 6.45) is 6.71. The van der Waals surface area contributed by atoms with E-state index < -0.39 is 6.09 Å². The molecular formula is C26H30N6O2. The second kappa shape index (κ2) is 10.4. The Hall–Kier alpha value is -3.91. The predicted molar refractivity (Wildman–Crippen MR) is 131 cm³/mol. The van der Waals surface area contributed by atoms with Crippen molar-refractivity contribution < 1.29 is 9.53 Å². The minimum absolute atomic E-state index is 0.259. The number of aromatic nitrogens is 4. The van der Waals surface area contributed by atoms with Gasteiger partial charge in [0.2, 0.25) is 5.88 Å². The fourth-order valence-corrected chi connectivity index (χ4v) is 3.95. The van der Waals surface area contributed by atoms with Gasteiger partial charge in [-0.2, -0.15) is 5.10 Å². The quantitative estimate of drug-likeness (QED) is 0.418. The topological polar surface area (TPSA) is 100.0 Å².